The lowest BCUT2D eigenvalue weighted by molar-refractivity contribution is 0.1000. The highest BCUT2D eigenvalue weighted by atomic mass is 19.1. The van der Waals surface area contributed by atoms with Gasteiger partial charge in [-0.15, -0.1) is 0 Å². The molecule has 0 heterocycles. The van der Waals surface area contributed by atoms with Crippen LogP contribution in [0.4, 0.5) is 14.9 Å². The van der Waals surface area contributed by atoms with Crippen LogP contribution in [0, 0.1) is 5.82 Å². The van der Waals surface area contributed by atoms with Crippen LogP contribution in [0.2, 0.25) is 0 Å². The van der Waals surface area contributed by atoms with Crippen molar-refractivity contribution < 1.29 is 14.0 Å². The minimum Gasteiger partial charge on any atom is -0.366 e. The summed E-state index contributed by atoms with van der Waals surface area (Å²) in [5.41, 5.74) is 7.54. The van der Waals surface area contributed by atoms with Gasteiger partial charge in [-0.05, 0) is 54.2 Å². The maximum absolute atomic E-state index is 13.9. The van der Waals surface area contributed by atoms with E-state index in [1.54, 1.807) is 36.4 Å². The number of urea groups is 1. The number of rotatable bonds is 5. The highest BCUT2D eigenvalue weighted by Crippen LogP contribution is 2.41. The molecule has 1 fully saturated rings. The van der Waals surface area contributed by atoms with E-state index < -0.39 is 11.9 Å². The summed E-state index contributed by atoms with van der Waals surface area (Å²) in [6.07, 6.45) is 2.05. The van der Waals surface area contributed by atoms with E-state index in [0.717, 1.165) is 24.0 Å². The van der Waals surface area contributed by atoms with Crippen LogP contribution >= 0.6 is 0 Å². The summed E-state index contributed by atoms with van der Waals surface area (Å²) in [6, 6.07) is 11.0. The Hall–Kier alpha value is -2.89. The van der Waals surface area contributed by atoms with Gasteiger partial charge >= 0.3 is 6.03 Å². The molecule has 3 amide bonds. The Bertz CT molecular complexity index is 770. The zero-order valence-electron chi connectivity index (χ0n) is 13.0. The van der Waals surface area contributed by atoms with E-state index in [4.69, 9.17) is 5.73 Å². The van der Waals surface area contributed by atoms with Crippen molar-refractivity contribution in [2.24, 2.45) is 5.73 Å². The lowest BCUT2D eigenvalue weighted by Crippen LogP contribution is -2.28. The third-order valence-corrected chi connectivity index (χ3v) is 3.97. The van der Waals surface area contributed by atoms with Crippen molar-refractivity contribution in [3.05, 3.63) is 65.0 Å². The van der Waals surface area contributed by atoms with Crippen molar-refractivity contribution >= 4 is 17.6 Å². The molecule has 24 heavy (non-hydrogen) atoms. The van der Waals surface area contributed by atoms with Gasteiger partial charge in [-0.25, -0.2) is 9.18 Å². The molecule has 124 valence electrons. The SMILES string of the molecule is NC(=O)c1ccc(CNC(=O)Nc2ccc(C3CC3)c(F)c2)cc1. The van der Waals surface area contributed by atoms with Gasteiger partial charge in [-0.2, -0.15) is 0 Å². The van der Waals surface area contributed by atoms with Crippen LogP contribution < -0.4 is 16.4 Å². The quantitative estimate of drug-likeness (QED) is 0.788. The molecule has 1 saturated carbocycles. The molecule has 2 aromatic rings. The number of nitrogens with one attached hydrogen (secondary N) is 2. The van der Waals surface area contributed by atoms with Crippen LogP contribution in [0.1, 0.15) is 40.2 Å². The number of carbonyl (C=O) groups excluding carboxylic acids is 2. The first-order valence-electron chi connectivity index (χ1n) is 7.76. The van der Waals surface area contributed by atoms with E-state index in [1.165, 1.54) is 6.07 Å². The Morgan fingerprint density at radius 1 is 1.12 bits per heavy atom. The molecule has 0 atom stereocenters. The molecule has 0 radical (unpaired) electrons. The highest BCUT2D eigenvalue weighted by molar-refractivity contribution is 5.92. The molecule has 6 heteroatoms. The highest BCUT2D eigenvalue weighted by Gasteiger charge is 2.26. The molecule has 3 rings (SSSR count). The van der Waals surface area contributed by atoms with Crippen molar-refractivity contribution in [2.75, 3.05) is 5.32 Å². The zero-order valence-corrected chi connectivity index (χ0v) is 13.0. The summed E-state index contributed by atoms with van der Waals surface area (Å²) >= 11 is 0. The maximum Gasteiger partial charge on any atom is 0.319 e. The normalized spacial score (nSPS) is 13.4. The van der Waals surface area contributed by atoms with Gasteiger partial charge in [-0.3, -0.25) is 4.79 Å². The molecule has 0 unspecified atom stereocenters. The largest absolute Gasteiger partial charge is 0.366 e. The van der Waals surface area contributed by atoms with Crippen LogP contribution in [0.25, 0.3) is 0 Å². The number of hydrogen-bond acceptors (Lipinski definition) is 2. The first-order chi connectivity index (χ1) is 11.5. The van der Waals surface area contributed by atoms with Crippen molar-refractivity contribution in [1.82, 2.24) is 5.32 Å². The Morgan fingerprint density at radius 3 is 2.42 bits per heavy atom. The van der Waals surface area contributed by atoms with Crippen LogP contribution in [0.5, 0.6) is 0 Å². The van der Waals surface area contributed by atoms with Gasteiger partial charge in [0.2, 0.25) is 5.91 Å². The first kappa shape index (κ1) is 16.0. The smallest absolute Gasteiger partial charge is 0.319 e. The van der Waals surface area contributed by atoms with E-state index in [-0.39, 0.29) is 12.4 Å². The Morgan fingerprint density at radius 2 is 1.83 bits per heavy atom. The minimum atomic E-state index is -0.496. The Labute approximate surface area is 139 Å². The number of halogens is 1. The molecule has 1 aliphatic rings. The van der Waals surface area contributed by atoms with E-state index in [2.05, 4.69) is 10.6 Å². The third-order valence-electron chi connectivity index (χ3n) is 3.97. The van der Waals surface area contributed by atoms with E-state index in [9.17, 15) is 14.0 Å². The van der Waals surface area contributed by atoms with Crippen LogP contribution in [0.15, 0.2) is 42.5 Å². The van der Waals surface area contributed by atoms with Crippen molar-refractivity contribution in [2.45, 2.75) is 25.3 Å². The summed E-state index contributed by atoms with van der Waals surface area (Å²) in [7, 11) is 0. The average molecular weight is 327 g/mol. The fourth-order valence-electron chi connectivity index (χ4n) is 2.47. The number of nitrogens with two attached hydrogens (primary N) is 1. The molecule has 0 spiro atoms. The van der Waals surface area contributed by atoms with Gasteiger partial charge in [0.15, 0.2) is 0 Å². The second-order valence-corrected chi connectivity index (χ2v) is 5.88. The van der Waals surface area contributed by atoms with Gasteiger partial charge in [0.1, 0.15) is 5.82 Å². The van der Waals surface area contributed by atoms with E-state index in [1.807, 2.05) is 0 Å². The molecule has 0 saturated heterocycles. The van der Waals surface area contributed by atoms with Crippen molar-refractivity contribution in [3.63, 3.8) is 0 Å². The molecule has 0 aliphatic heterocycles. The molecule has 0 aromatic heterocycles. The van der Waals surface area contributed by atoms with Gasteiger partial charge in [0, 0.05) is 17.8 Å². The monoisotopic (exact) mass is 327 g/mol. The van der Waals surface area contributed by atoms with Crippen LogP contribution in [0.3, 0.4) is 0 Å². The predicted molar refractivity (Wildman–Crippen MR) is 89.2 cm³/mol. The number of amides is 3. The summed E-state index contributed by atoms with van der Waals surface area (Å²) < 4.78 is 13.9. The maximum atomic E-state index is 13.9. The van der Waals surface area contributed by atoms with Crippen molar-refractivity contribution in [3.8, 4) is 0 Å². The number of hydrogen-bond donors (Lipinski definition) is 3. The van der Waals surface area contributed by atoms with E-state index in [0.29, 0.717) is 17.2 Å². The number of anilines is 1. The van der Waals surface area contributed by atoms with Crippen LogP contribution in [-0.2, 0) is 6.54 Å². The fourth-order valence-corrected chi connectivity index (χ4v) is 2.47. The number of carbonyl (C=O) groups is 2. The fraction of sp³-hybridized carbons (Fsp3) is 0.222. The number of primary amides is 1. The molecule has 0 bridgehead atoms. The summed E-state index contributed by atoms with van der Waals surface area (Å²) in [4.78, 5) is 22.9. The average Bonchev–Trinajstić information content (AvgIpc) is 3.38. The lowest BCUT2D eigenvalue weighted by atomic mass is 10.1. The molecule has 5 nitrogen and oxygen atoms in total. The lowest BCUT2D eigenvalue weighted by Gasteiger charge is -2.09. The summed E-state index contributed by atoms with van der Waals surface area (Å²) in [5, 5.41) is 5.28. The standard InChI is InChI=1S/C18H18FN3O2/c19-16-9-14(7-8-15(16)12-5-6-12)22-18(24)21-10-11-1-3-13(4-2-11)17(20)23/h1-4,7-9,12H,5-6,10H2,(H2,20,23)(H2,21,22,24). The summed E-state index contributed by atoms with van der Waals surface area (Å²) in [5.74, 6) is -0.447. The van der Waals surface area contributed by atoms with Gasteiger partial charge in [0.05, 0.1) is 0 Å². The van der Waals surface area contributed by atoms with Gasteiger partial charge < -0.3 is 16.4 Å². The molecular weight excluding hydrogens is 309 g/mol. The minimum absolute atomic E-state index is 0.280. The third kappa shape index (κ3) is 3.90. The summed E-state index contributed by atoms with van der Waals surface area (Å²) in [6.45, 7) is 0.285. The molecule has 2 aromatic carbocycles. The van der Waals surface area contributed by atoms with Gasteiger partial charge in [-0.1, -0.05) is 18.2 Å². The Kier molecular flexibility index (Phi) is 4.46. The Balaban J connectivity index is 1.53. The van der Waals surface area contributed by atoms with Crippen molar-refractivity contribution in [1.29, 1.82) is 0 Å². The molecule has 4 N–H and O–H groups in total. The first-order valence-corrected chi connectivity index (χ1v) is 7.76. The molecular formula is C18H18FN3O2. The van der Waals surface area contributed by atoms with Crippen LogP contribution in [-0.4, -0.2) is 11.9 Å². The zero-order chi connectivity index (χ0) is 17.1. The number of benzene rings is 2. The van der Waals surface area contributed by atoms with E-state index >= 15 is 0 Å². The molecule has 1 aliphatic carbocycles. The van der Waals surface area contributed by atoms with Gasteiger partial charge in [0.25, 0.3) is 0 Å². The second-order valence-electron chi connectivity index (χ2n) is 5.88. The predicted octanol–water partition coefficient (Wildman–Crippen LogP) is 3.12. The topological polar surface area (TPSA) is 84.2 Å². The second kappa shape index (κ2) is 6.70.